The number of pyridine rings is 1. The molecule has 3 heterocycles. The number of anilines is 1. The predicted octanol–water partition coefficient (Wildman–Crippen LogP) is 3.09. The largest absolute Gasteiger partial charge is 0.306 e. The topological polar surface area (TPSA) is 76.9 Å². The fourth-order valence-corrected chi connectivity index (χ4v) is 3.37. The molecule has 0 bridgehead atoms. The normalized spacial score (nSPS) is 10.9. The van der Waals surface area contributed by atoms with Crippen molar-refractivity contribution in [3.63, 3.8) is 0 Å². The number of carbonyl (C=O) groups is 1. The highest BCUT2D eigenvalue weighted by Crippen LogP contribution is 2.27. The highest BCUT2D eigenvalue weighted by atomic mass is 35.5. The van der Waals surface area contributed by atoms with Gasteiger partial charge in [-0.1, -0.05) is 11.6 Å². The maximum atomic E-state index is 12.4. The van der Waals surface area contributed by atoms with Crippen molar-refractivity contribution in [2.24, 2.45) is 0 Å². The molecule has 0 aliphatic heterocycles. The summed E-state index contributed by atoms with van der Waals surface area (Å²) in [5.41, 5.74) is 0.506. The summed E-state index contributed by atoms with van der Waals surface area (Å²) >= 11 is 6.97. The van der Waals surface area contributed by atoms with E-state index in [1.165, 1.54) is 28.4 Å². The zero-order valence-corrected chi connectivity index (χ0v) is 14.0. The summed E-state index contributed by atoms with van der Waals surface area (Å²) in [6, 6.07) is 3.26. The number of aromatic nitrogens is 3. The number of aryl methyl sites for hydroxylation is 2. The van der Waals surface area contributed by atoms with Gasteiger partial charge in [0.15, 0.2) is 0 Å². The summed E-state index contributed by atoms with van der Waals surface area (Å²) in [4.78, 5) is 34.1. The van der Waals surface area contributed by atoms with Crippen molar-refractivity contribution >= 4 is 44.9 Å². The molecule has 0 fully saturated rings. The van der Waals surface area contributed by atoms with Crippen molar-refractivity contribution in [2.75, 3.05) is 5.32 Å². The number of halogens is 1. The molecule has 0 saturated heterocycles. The van der Waals surface area contributed by atoms with Gasteiger partial charge in [-0.25, -0.2) is 9.97 Å². The minimum atomic E-state index is -0.317. The first-order valence-corrected chi connectivity index (χ1v) is 8.12. The summed E-state index contributed by atoms with van der Waals surface area (Å²) in [5.74, 6) is 0.0814. The van der Waals surface area contributed by atoms with E-state index >= 15 is 0 Å². The van der Waals surface area contributed by atoms with Crippen LogP contribution in [0.5, 0.6) is 0 Å². The smallest absolute Gasteiger partial charge is 0.267 e. The van der Waals surface area contributed by atoms with Crippen molar-refractivity contribution in [3.05, 3.63) is 50.5 Å². The SMILES string of the molecule is CCn1cnc2sc(C(=O)Nc3ccc(Cl)cn3)c(C)c2c1=O. The number of nitrogens with zero attached hydrogens (tertiary/aromatic N) is 3. The number of hydrogen-bond donors (Lipinski definition) is 1. The highest BCUT2D eigenvalue weighted by Gasteiger charge is 2.19. The number of fused-ring (bicyclic) bond motifs is 1. The van der Waals surface area contributed by atoms with Gasteiger partial charge in [0.05, 0.1) is 21.6 Å². The van der Waals surface area contributed by atoms with Gasteiger partial charge in [-0.2, -0.15) is 0 Å². The van der Waals surface area contributed by atoms with Crippen LogP contribution >= 0.6 is 22.9 Å². The molecule has 6 nitrogen and oxygen atoms in total. The number of rotatable bonds is 3. The van der Waals surface area contributed by atoms with E-state index in [1.54, 1.807) is 19.1 Å². The molecule has 3 aromatic rings. The molecule has 3 aromatic heterocycles. The van der Waals surface area contributed by atoms with Crippen molar-refractivity contribution < 1.29 is 4.79 Å². The van der Waals surface area contributed by atoms with Gasteiger partial charge in [0, 0.05) is 12.7 Å². The Morgan fingerprint density at radius 3 is 2.83 bits per heavy atom. The van der Waals surface area contributed by atoms with E-state index in [0.717, 1.165) is 0 Å². The van der Waals surface area contributed by atoms with Crippen molar-refractivity contribution in [1.82, 2.24) is 14.5 Å². The van der Waals surface area contributed by atoms with E-state index in [2.05, 4.69) is 15.3 Å². The lowest BCUT2D eigenvalue weighted by atomic mass is 10.2. The minimum Gasteiger partial charge on any atom is -0.306 e. The molecule has 0 spiro atoms. The Morgan fingerprint density at radius 2 is 2.17 bits per heavy atom. The first kappa shape index (κ1) is 15.6. The molecule has 0 aliphatic rings. The van der Waals surface area contributed by atoms with Gasteiger partial charge in [-0.05, 0) is 31.5 Å². The van der Waals surface area contributed by atoms with Crippen LogP contribution in [-0.2, 0) is 6.54 Å². The second-order valence-electron chi connectivity index (χ2n) is 4.89. The molecular weight excluding hydrogens is 336 g/mol. The van der Waals surface area contributed by atoms with Crippen LogP contribution in [0.15, 0.2) is 29.5 Å². The predicted molar refractivity (Wildman–Crippen MR) is 91.5 cm³/mol. The maximum absolute atomic E-state index is 12.4. The molecular formula is C15H13ClN4O2S. The van der Waals surface area contributed by atoms with E-state index in [1.807, 2.05) is 6.92 Å². The zero-order valence-electron chi connectivity index (χ0n) is 12.5. The second-order valence-corrected chi connectivity index (χ2v) is 6.32. The fraction of sp³-hybridized carbons (Fsp3) is 0.200. The summed E-state index contributed by atoms with van der Waals surface area (Å²) < 4.78 is 1.52. The minimum absolute atomic E-state index is 0.130. The van der Waals surface area contributed by atoms with E-state index in [9.17, 15) is 9.59 Å². The van der Waals surface area contributed by atoms with Crippen LogP contribution in [0.3, 0.4) is 0 Å². The standard InChI is InChI=1S/C15H13ClN4O2S/c1-3-20-7-18-14-11(15(20)22)8(2)12(23-14)13(21)19-10-5-4-9(16)6-17-10/h4-7H,3H2,1-2H3,(H,17,19,21). The van der Waals surface area contributed by atoms with Gasteiger partial charge in [-0.15, -0.1) is 11.3 Å². The first-order valence-electron chi connectivity index (χ1n) is 6.92. The third kappa shape index (κ3) is 2.85. The lowest BCUT2D eigenvalue weighted by Gasteiger charge is -2.03. The van der Waals surface area contributed by atoms with Gasteiger partial charge in [0.1, 0.15) is 10.6 Å². The van der Waals surface area contributed by atoms with E-state index < -0.39 is 0 Å². The number of amides is 1. The summed E-state index contributed by atoms with van der Waals surface area (Å²) in [6.45, 7) is 4.16. The molecule has 0 unspecified atom stereocenters. The van der Waals surface area contributed by atoms with Crippen LogP contribution in [-0.4, -0.2) is 20.4 Å². The number of thiophene rings is 1. The molecule has 0 aliphatic carbocycles. The molecule has 3 rings (SSSR count). The Kier molecular flexibility index (Phi) is 4.14. The number of hydrogen-bond acceptors (Lipinski definition) is 5. The van der Waals surface area contributed by atoms with Crippen LogP contribution in [0.25, 0.3) is 10.2 Å². The second kappa shape index (κ2) is 6.10. The van der Waals surface area contributed by atoms with Crippen LogP contribution in [0.4, 0.5) is 5.82 Å². The summed E-state index contributed by atoms with van der Waals surface area (Å²) in [6.07, 6.45) is 2.96. The lowest BCUT2D eigenvalue weighted by molar-refractivity contribution is 0.102. The number of carbonyl (C=O) groups excluding carboxylic acids is 1. The van der Waals surface area contributed by atoms with E-state index in [-0.39, 0.29) is 11.5 Å². The van der Waals surface area contributed by atoms with E-state index in [4.69, 9.17) is 11.6 Å². The molecule has 118 valence electrons. The average Bonchev–Trinajstić information content (AvgIpc) is 2.88. The molecule has 0 atom stereocenters. The van der Waals surface area contributed by atoms with Crippen LogP contribution < -0.4 is 10.9 Å². The molecule has 1 N–H and O–H groups in total. The Balaban J connectivity index is 2.01. The Bertz CT molecular complexity index is 947. The third-order valence-electron chi connectivity index (χ3n) is 3.43. The van der Waals surface area contributed by atoms with Crippen LogP contribution in [0.2, 0.25) is 5.02 Å². The highest BCUT2D eigenvalue weighted by molar-refractivity contribution is 7.20. The van der Waals surface area contributed by atoms with Crippen molar-refractivity contribution in [1.29, 1.82) is 0 Å². The Labute approximate surface area is 140 Å². The maximum Gasteiger partial charge on any atom is 0.267 e. The Morgan fingerprint density at radius 1 is 1.39 bits per heavy atom. The van der Waals surface area contributed by atoms with Crippen LogP contribution in [0, 0.1) is 6.92 Å². The van der Waals surface area contributed by atoms with Crippen LogP contribution in [0.1, 0.15) is 22.2 Å². The number of nitrogens with one attached hydrogen (secondary N) is 1. The molecule has 0 radical (unpaired) electrons. The fourth-order valence-electron chi connectivity index (χ4n) is 2.22. The molecule has 8 heteroatoms. The quantitative estimate of drug-likeness (QED) is 0.789. The average molecular weight is 349 g/mol. The van der Waals surface area contributed by atoms with Gasteiger partial charge in [0.25, 0.3) is 11.5 Å². The zero-order chi connectivity index (χ0) is 16.6. The third-order valence-corrected chi connectivity index (χ3v) is 4.86. The summed E-state index contributed by atoms with van der Waals surface area (Å²) in [5, 5.41) is 3.69. The molecule has 0 saturated carbocycles. The molecule has 1 amide bonds. The van der Waals surface area contributed by atoms with E-state index in [0.29, 0.717) is 38.0 Å². The monoisotopic (exact) mass is 348 g/mol. The van der Waals surface area contributed by atoms with Gasteiger partial charge >= 0.3 is 0 Å². The lowest BCUT2D eigenvalue weighted by Crippen LogP contribution is -2.19. The van der Waals surface area contributed by atoms with Crippen molar-refractivity contribution in [3.8, 4) is 0 Å². The first-order chi connectivity index (χ1) is 11.0. The van der Waals surface area contributed by atoms with Gasteiger partial charge < -0.3 is 5.32 Å². The van der Waals surface area contributed by atoms with Crippen molar-refractivity contribution in [2.45, 2.75) is 20.4 Å². The van der Waals surface area contributed by atoms with Gasteiger partial charge in [0.2, 0.25) is 0 Å². The van der Waals surface area contributed by atoms with Gasteiger partial charge in [-0.3, -0.25) is 14.2 Å². The molecule has 0 aromatic carbocycles. The Hall–Kier alpha value is -2.25. The molecule has 23 heavy (non-hydrogen) atoms. The summed E-state index contributed by atoms with van der Waals surface area (Å²) in [7, 11) is 0.